The number of hydrogen-bond acceptors (Lipinski definition) is 4. The molecule has 28 heavy (non-hydrogen) atoms. The van der Waals surface area contributed by atoms with Crippen molar-refractivity contribution in [3.8, 4) is 0 Å². The van der Waals surface area contributed by atoms with Crippen molar-refractivity contribution in [3.05, 3.63) is 78.5 Å². The predicted molar refractivity (Wildman–Crippen MR) is 111 cm³/mol. The first-order chi connectivity index (χ1) is 13.6. The summed E-state index contributed by atoms with van der Waals surface area (Å²) in [4.78, 5) is 30.6. The number of aromatic nitrogens is 1. The van der Waals surface area contributed by atoms with Crippen LogP contribution in [0.5, 0.6) is 0 Å². The molecule has 1 amide bonds. The minimum absolute atomic E-state index is 0.0501. The second kappa shape index (κ2) is 8.95. The van der Waals surface area contributed by atoms with Crippen LogP contribution in [0.15, 0.2) is 72.9 Å². The van der Waals surface area contributed by atoms with Gasteiger partial charge in [0.25, 0.3) is 5.91 Å². The average molecular weight is 374 g/mol. The normalized spacial score (nSPS) is 11.1. The summed E-state index contributed by atoms with van der Waals surface area (Å²) in [7, 11) is 0. The molecular formula is C23H22N2O3. The van der Waals surface area contributed by atoms with E-state index in [2.05, 4.69) is 4.98 Å². The number of nitrogens with zero attached hydrogens (tertiary/aromatic N) is 2. The lowest BCUT2D eigenvalue weighted by Crippen LogP contribution is -2.39. The molecule has 0 radical (unpaired) electrons. The van der Waals surface area contributed by atoms with Crippen molar-refractivity contribution in [3.63, 3.8) is 0 Å². The molecule has 1 aromatic heterocycles. The smallest absolute Gasteiger partial charge is 0.331 e. The highest BCUT2D eigenvalue weighted by Crippen LogP contribution is 2.18. The molecule has 1 heterocycles. The molecule has 2 aromatic carbocycles. The molecule has 0 N–H and O–H groups in total. The zero-order valence-corrected chi connectivity index (χ0v) is 15.9. The fraction of sp³-hybridized carbons (Fsp3) is 0.174. The van der Waals surface area contributed by atoms with Crippen molar-refractivity contribution < 1.29 is 14.3 Å². The molecule has 0 aliphatic rings. The third kappa shape index (κ3) is 4.62. The van der Waals surface area contributed by atoms with Crippen LogP contribution in [-0.4, -0.2) is 29.5 Å². The lowest BCUT2D eigenvalue weighted by atomic mass is 10.1. The Balaban J connectivity index is 1.64. The molecule has 142 valence electrons. The second-order valence-electron chi connectivity index (χ2n) is 6.56. The Labute approximate surface area is 164 Å². The number of para-hydroxylation sites is 2. The number of anilines is 1. The minimum Gasteiger partial charge on any atom is -0.452 e. The number of hydrogen-bond donors (Lipinski definition) is 0. The van der Waals surface area contributed by atoms with Crippen molar-refractivity contribution in [2.24, 2.45) is 0 Å². The first kappa shape index (κ1) is 19.3. The highest BCUT2D eigenvalue weighted by molar-refractivity contribution is 5.97. The van der Waals surface area contributed by atoms with E-state index in [-0.39, 0.29) is 18.6 Å². The summed E-state index contributed by atoms with van der Waals surface area (Å²) in [5.41, 5.74) is 2.39. The van der Waals surface area contributed by atoms with Crippen molar-refractivity contribution in [1.29, 1.82) is 0 Å². The molecule has 0 aliphatic heterocycles. The van der Waals surface area contributed by atoms with Crippen LogP contribution in [-0.2, 0) is 14.3 Å². The van der Waals surface area contributed by atoms with E-state index >= 15 is 0 Å². The van der Waals surface area contributed by atoms with Crippen LogP contribution in [0, 0.1) is 0 Å². The van der Waals surface area contributed by atoms with Gasteiger partial charge in [-0.2, -0.15) is 0 Å². The largest absolute Gasteiger partial charge is 0.452 e. The summed E-state index contributed by atoms with van der Waals surface area (Å²) in [6, 6.07) is 18.8. The van der Waals surface area contributed by atoms with Crippen LogP contribution >= 0.6 is 0 Å². The van der Waals surface area contributed by atoms with Gasteiger partial charge in [0.1, 0.15) is 0 Å². The zero-order chi connectivity index (χ0) is 19.9. The van der Waals surface area contributed by atoms with Crippen LogP contribution in [0.25, 0.3) is 17.0 Å². The molecule has 0 bridgehead atoms. The van der Waals surface area contributed by atoms with Crippen LogP contribution in [0.4, 0.5) is 5.69 Å². The Kier molecular flexibility index (Phi) is 6.17. The average Bonchev–Trinajstić information content (AvgIpc) is 2.71. The number of pyridine rings is 1. The number of ether oxygens (including phenoxy) is 1. The highest BCUT2D eigenvalue weighted by atomic mass is 16.5. The molecule has 0 saturated carbocycles. The summed E-state index contributed by atoms with van der Waals surface area (Å²) in [5.74, 6) is -0.840. The minimum atomic E-state index is -0.571. The van der Waals surface area contributed by atoms with Gasteiger partial charge < -0.3 is 9.64 Å². The number of fused-ring (bicyclic) bond motifs is 1. The van der Waals surface area contributed by atoms with Crippen molar-refractivity contribution in [1.82, 2.24) is 4.98 Å². The summed E-state index contributed by atoms with van der Waals surface area (Å²) in [6.07, 6.45) is 4.68. The molecule has 0 aliphatic carbocycles. The van der Waals surface area contributed by atoms with E-state index in [4.69, 9.17) is 4.74 Å². The molecule has 0 atom stereocenters. The van der Waals surface area contributed by atoms with Gasteiger partial charge in [0.05, 0.1) is 5.52 Å². The van der Waals surface area contributed by atoms with Gasteiger partial charge >= 0.3 is 5.97 Å². The Bertz CT molecular complexity index is 992. The lowest BCUT2D eigenvalue weighted by molar-refractivity contribution is -0.143. The standard InChI is InChI=1S/C23H22N2O3/c1-17(2)25(20-11-4-3-5-12-20)21(26)16-28-22(27)14-13-19-9-6-8-18-10-7-15-24-23(18)19/h3-15,17H,16H2,1-2H3/b14-13+. The third-order valence-electron chi connectivity index (χ3n) is 4.22. The molecule has 3 rings (SSSR count). The lowest BCUT2D eigenvalue weighted by Gasteiger charge is -2.26. The molecule has 0 saturated heterocycles. The first-order valence-corrected chi connectivity index (χ1v) is 9.12. The molecule has 5 nitrogen and oxygen atoms in total. The van der Waals surface area contributed by atoms with Crippen LogP contribution < -0.4 is 4.90 Å². The monoisotopic (exact) mass is 374 g/mol. The summed E-state index contributed by atoms with van der Waals surface area (Å²) in [5, 5.41) is 0.989. The van der Waals surface area contributed by atoms with Crippen molar-refractivity contribution >= 4 is 34.5 Å². The van der Waals surface area contributed by atoms with Gasteiger partial charge in [0, 0.05) is 35.0 Å². The van der Waals surface area contributed by atoms with Crippen LogP contribution in [0.1, 0.15) is 19.4 Å². The van der Waals surface area contributed by atoms with E-state index in [9.17, 15) is 9.59 Å². The van der Waals surface area contributed by atoms with Gasteiger partial charge in [0.2, 0.25) is 0 Å². The maximum absolute atomic E-state index is 12.6. The quantitative estimate of drug-likeness (QED) is 0.478. The second-order valence-corrected chi connectivity index (χ2v) is 6.56. The number of rotatable bonds is 6. The van der Waals surface area contributed by atoms with Gasteiger partial charge in [-0.3, -0.25) is 9.78 Å². The van der Waals surface area contributed by atoms with Gasteiger partial charge in [-0.1, -0.05) is 42.5 Å². The van der Waals surface area contributed by atoms with E-state index < -0.39 is 5.97 Å². The maximum Gasteiger partial charge on any atom is 0.331 e. The molecule has 0 unspecified atom stereocenters. The molecule has 3 aromatic rings. The Morgan fingerprint density at radius 3 is 2.54 bits per heavy atom. The summed E-state index contributed by atoms with van der Waals surface area (Å²) < 4.78 is 5.15. The molecule has 0 spiro atoms. The number of benzene rings is 2. The van der Waals surface area contributed by atoms with E-state index in [0.717, 1.165) is 22.2 Å². The first-order valence-electron chi connectivity index (χ1n) is 9.12. The van der Waals surface area contributed by atoms with Gasteiger partial charge in [-0.15, -0.1) is 0 Å². The Hall–Kier alpha value is -3.47. The third-order valence-corrected chi connectivity index (χ3v) is 4.22. The fourth-order valence-electron chi connectivity index (χ4n) is 2.99. The Morgan fingerprint density at radius 1 is 1.04 bits per heavy atom. The fourth-order valence-corrected chi connectivity index (χ4v) is 2.99. The topological polar surface area (TPSA) is 59.5 Å². The predicted octanol–water partition coefficient (Wildman–Crippen LogP) is 4.23. The molecule has 0 fully saturated rings. The molecular weight excluding hydrogens is 352 g/mol. The summed E-state index contributed by atoms with van der Waals surface area (Å²) >= 11 is 0. The van der Waals surface area contributed by atoms with E-state index in [1.54, 1.807) is 17.2 Å². The summed E-state index contributed by atoms with van der Waals surface area (Å²) in [6.45, 7) is 3.52. The Morgan fingerprint density at radius 2 is 1.79 bits per heavy atom. The molecule has 5 heteroatoms. The maximum atomic E-state index is 12.6. The number of amides is 1. The van der Waals surface area contributed by atoms with Gasteiger partial charge in [-0.25, -0.2) is 4.79 Å². The highest BCUT2D eigenvalue weighted by Gasteiger charge is 2.19. The van der Waals surface area contributed by atoms with Crippen LogP contribution in [0.3, 0.4) is 0 Å². The van der Waals surface area contributed by atoms with Crippen molar-refractivity contribution in [2.75, 3.05) is 11.5 Å². The van der Waals surface area contributed by atoms with E-state index in [1.807, 2.05) is 74.5 Å². The van der Waals surface area contributed by atoms with Crippen molar-refractivity contribution in [2.45, 2.75) is 19.9 Å². The van der Waals surface area contributed by atoms with Crippen LogP contribution in [0.2, 0.25) is 0 Å². The zero-order valence-electron chi connectivity index (χ0n) is 15.9. The van der Waals surface area contributed by atoms with E-state index in [0.29, 0.717) is 0 Å². The SMILES string of the molecule is CC(C)N(C(=O)COC(=O)/C=C/c1cccc2cccnc12)c1ccccc1. The van der Waals surface area contributed by atoms with Gasteiger partial charge in [-0.05, 0) is 38.1 Å². The van der Waals surface area contributed by atoms with Gasteiger partial charge in [0.15, 0.2) is 6.61 Å². The number of carbonyl (C=O) groups excluding carboxylic acids is 2. The number of esters is 1. The number of carbonyl (C=O) groups is 2. The van der Waals surface area contributed by atoms with E-state index in [1.165, 1.54) is 6.08 Å².